The summed E-state index contributed by atoms with van der Waals surface area (Å²) < 4.78 is 5.09. The number of carbonyl (C=O) groups excluding carboxylic acids is 2. The highest BCUT2D eigenvalue weighted by Gasteiger charge is 2.35. The van der Waals surface area contributed by atoms with Crippen molar-refractivity contribution >= 4 is 24.2 Å². The van der Waals surface area contributed by atoms with Crippen LogP contribution in [0.2, 0.25) is 0 Å². The first kappa shape index (κ1) is 17.2. The molecule has 1 atom stereocenters. The summed E-state index contributed by atoms with van der Waals surface area (Å²) in [6.45, 7) is 0.299. The standard InChI is InChI=1S/C17H16N4O5/c22-15(23)14(12-5-2-1-3-6-12)19-16(24)20-8-9-21(17(20)25)18-11-13-7-4-10-26-13/h1-7,10-11,14H,8-9H2,(H,19,24)(H,22,23)/b18-11+/t14-/m1/s1. The molecule has 1 fully saturated rings. The van der Waals surface area contributed by atoms with Crippen LogP contribution in [0.25, 0.3) is 0 Å². The summed E-state index contributed by atoms with van der Waals surface area (Å²) in [6.07, 6.45) is 2.84. The van der Waals surface area contributed by atoms with Gasteiger partial charge in [0.25, 0.3) is 0 Å². The van der Waals surface area contributed by atoms with Gasteiger partial charge in [-0.3, -0.25) is 0 Å². The minimum atomic E-state index is -1.25. The van der Waals surface area contributed by atoms with Crippen molar-refractivity contribution in [2.24, 2.45) is 5.10 Å². The highest BCUT2D eigenvalue weighted by atomic mass is 16.4. The van der Waals surface area contributed by atoms with E-state index in [-0.39, 0.29) is 13.1 Å². The third kappa shape index (κ3) is 3.72. The average Bonchev–Trinajstić information content (AvgIpc) is 3.28. The van der Waals surface area contributed by atoms with Gasteiger partial charge in [0.05, 0.1) is 25.6 Å². The molecular weight excluding hydrogens is 340 g/mol. The largest absolute Gasteiger partial charge is 0.479 e. The summed E-state index contributed by atoms with van der Waals surface area (Å²) in [5, 5.41) is 16.8. The summed E-state index contributed by atoms with van der Waals surface area (Å²) in [4.78, 5) is 37.0. The van der Waals surface area contributed by atoms with Crippen molar-refractivity contribution in [3.63, 3.8) is 0 Å². The smallest absolute Gasteiger partial charge is 0.348 e. The number of nitrogens with zero attached hydrogens (tertiary/aromatic N) is 3. The van der Waals surface area contributed by atoms with Gasteiger partial charge in [-0.05, 0) is 17.7 Å². The van der Waals surface area contributed by atoms with Crippen LogP contribution in [0.4, 0.5) is 9.59 Å². The maximum absolute atomic E-state index is 12.4. The van der Waals surface area contributed by atoms with Gasteiger partial charge in [0.15, 0.2) is 6.04 Å². The van der Waals surface area contributed by atoms with Crippen LogP contribution in [0, 0.1) is 0 Å². The van der Waals surface area contributed by atoms with Gasteiger partial charge in [0, 0.05) is 0 Å². The number of furan rings is 1. The number of aliphatic carboxylic acids is 1. The molecule has 1 aliphatic rings. The van der Waals surface area contributed by atoms with Crippen molar-refractivity contribution in [1.82, 2.24) is 15.2 Å². The van der Waals surface area contributed by atoms with E-state index in [9.17, 15) is 19.5 Å². The molecule has 9 nitrogen and oxygen atoms in total. The number of rotatable bonds is 5. The Balaban J connectivity index is 1.66. The molecule has 1 aliphatic heterocycles. The Morgan fingerprint density at radius 3 is 2.62 bits per heavy atom. The Labute approximate surface area is 148 Å². The fraction of sp³-hybridized carbons (Fsp3) is 0.176. The van der Waals surface area contributed by atoms with E-state index in [0.717, 1.165) is 9.91 Å². The van der Waals surface area contributed by atoms with E-state index in [1.165, 1.54) is 12.5 Å². The molecule has 2 aromatic rings. The molecule has 26 heavy (non-hydrogen) atoms. The Morgan fingerprint density at radius 1 is 1.19 bits per heavy atom. The van der Waals surface area contributed by atoms with Gasteiger partial charge in [0.1, 0.15) is 5.76 Å². The van der Waals surface area contributed by atoms with Crippen molar-refractivity contribution in [1.29, 1.82) is 0 Å². The summed E-state index contributed by atoms with van der Waals surface area (Å²) >= 11 is 0. The van der Waals surface area contributed by atoms with Crippen molar-refractivity contribution in [3.05, 3.63) is 60.1 Å². The number of amides is 4. The molecule has 0 aliphatic carbocycles. The van der Waals surface area contributed by atoms with Crippen molar-refractivity contribution in [2.75, 3.05) is 13.1 Å². The molecule has 134 valence electrons. The first-order chi connectivity index (χ1) is 12.6. The number of benzene rings is 1. The molecule has 1 aromatic heterocycles. The van der Waals surface area contributed by atoms with Crippen LogP contribution >= 0.6 is 0 Å². The topological polar surface area (TPSA) is 115 Å². The molecule has 0 unspecified atom stereocenters. The van der Waals surface area contributed by atoms with E-state index in [1.54, 1.807) is 42.5 Å². The van der Waals surface area contributed by atoms with Crippen LogP contribution in [0.15, 0.2) is 58.2 Å². The van der Waals surface area contributed by atoms with Gasteiger partial charge in [-0.2, -0.15) is 5.10 Å². The molecule has 0 radical (unpaired) electrons. The van der Waals surface area contributed by atoms with Gasteiger partial charge in [-0.15, -0.1) is 0 Å². The van der Waals surface area contributed by atoms with E-state index in [4.69, 9.17) is 4.42 Å². The fourth-order valence-corrected chi connectivity index (χ4v) is 2.45. The molecule has 2 heterocycles. The number of carboxylic acid groups (broad SMARTS) is 1. The van der Waals surface area contributed by atoms with Crippen LogP contribution in [-0.4, -0.2) is 52.4 Å². The molecule has 1 aromatic carbocycles. The molecule has 3 rings (SSSR count). The highest BCUT2D eigenvalue weighted by molar-refractivity contribution is 5.96. The van der Waals surface area contributed by atoms with Gasteiger partial charge in [0.2, 0.25) is 0 Å². The summed E-state index contributed by atoms with van der Waals surface area (Å²) in [5.74, 6) is -0.750. The molecule has 0 bridgehead atoms. The van der Waals surface area contributed by atoms with Gasteiger partial charge in [-0.25, -0.2) is 24.3 Å². The summed E-state index contributed by atoms with van der Waals surface area (Å²) in [5.41, 5.74) is 0.410. The van der Waals surface area contributed by atoms with Crippen LogP contribution in [0.1, 0.15) is 17.4 Å². The predicted octanol–water partition coefficient (Wildman–Crippen LogP) is 1.89. The van der Waals surface area contributed by atoms with Crippen molar-refractivity contribution < 1.29 is 23.9 Å². The SMILES string of the molecule is O=C(O)[C@H](NC(=O)N1CCN(/N=C/c2ccco2)C1=O)c1ccccc1. The maximum atomic E-state index is 12.4. The number of hydrogen-bond acceptors (Lipinski definition) is 5. The highest BCUT2D eigenvalue weighted by Crippen LogP contribution is 2.15. The maximum Gasteiger partial charge on any atom is 0.348 e. The number of carboxylic acids is 1. The monoisotopic (exact) mass is 356 g/mol. The Morgan fingerprint density at radius 2 is 1.96 bits per heavy atom. The zero-order valence-corrected chi connectivity index (χ0v) is 13.6. The zero-order valence-electron chi connectivity index (χ0n) is 13.6. The number of hydrazone groups is 1. The van der Waals surface area contributed by atoms with E-state index < -0.39 is 24.1 Å². The van der Waals surface area contributed by atoms with Crippen LogP contribution in [0.5, 0.6) is 0 Å². The second kappa shape index (κ2) is 7.51. The lowest BCUT2D eigenvalue weighted by Crippen LogP contribution is -2.45. The normalized spacial score (nSPS) is 15.5. The third-order valence-corrected chi connectivity index (χ3v) is 3.75. The number of nitrogens with one attached hydrogen (secondary N) is 1. The van der Waals surface area contributed by atoms with E-state index >= 15 is 0 Å². The van der Waals surface area contributed by atoms with Crippen LogP contribution in [-0.2, 0) is 4.79 Å². The van der Waals surface area contributed by atoms with Gasteiger partial charge >= 0.3 is 18.0 Å². The first-order valence-electron chi connectivity index (χ1n) is 7.81. The van der Waals surface area contributed by atoms with E-state index in [2.05, 4.69) is 10.4 Å². The zero-order chi connectivity index (χ0) is 18.5. The van der Waals surface area contributed by atoms with Crippen molar-refractivity contribution in [2.45, 2.75) is 6.04 Å². The minimum Gasteiger partial charge on any atom is -0.479 e. The second-order valence-electron chi connectivity index (χ2n) is 5.45. The lowest BCUT2D eigenvalue weighted by atomic mass is 10.1. The predicted molar refractivity (Wildman–Crippen MR) is 90.5 cm³/mol. The Hall–Kier alpha value is -3.62. The molecule has 0 saturated carbocycles. The minimum absolute atomic E-state index is 0.0985. The lowest BCUT2D eigenvalue weighted by molar-refractivity contribution is -0.139. The van der Waals surface area contributed by atoms with Gasteiger partial charge < -0.3 is 14.8 Å². The number of urea groups is 2. The fourth-order valence-electron chi connectivity index (χ4n) is 2.45. The van der Waals surface area contributed by atoms with E-state index in [0.29, 0.717) is 11.3 Å². The molecular formula is C17H16N4O5. The second-order valence-corrected chi connectivity index (χ2v) is 5.45. The molecule has 4 amide bonds. The molecule has 1 saturated heterocycles. The number of carbonyl (C=O) groups is 3. The van der Waals surface area contributed by atoms with E-state index in [1.807, 2.05) is 0 Å². The molecule has 9 heteroatoms. The van der Waals surface area contributed by atoms with Crippen LogP contribution in [0.3, 0.4) is 0 Å². The lowest BCUT2D eigenvalue weighted by Gasteiger charge is -2.19. The van der Waals surface area contributed by atoms with Crippen LogP contribution < -0.4 is 5.32 Å². The average molecular weight is 356 g/mol. The quantitative estimate of drug-likeness (QED) is 0.794. The Kier molecular flexibility index (Phi) is 4.97. The summed E-state index contributed by atoms with van der Waals surface area (Å²) in [6, 6.07) is 8.93. The van der Waals surface area contributed by atoms with Crippen molar-refractivity contribution in [3.8, 4) is 0 Å². The first-order valence-corrected chi connectivity index (χ1v) is 7.81. The summed E-state index contributed by atoms with van der Waals surface area (Å²) in [7, 11) is 0. The third-order valence-electron chi connectivity index (χ3n) is 3.75. The Bertz CT molecular complexity index is 819. The number of imide groups is 1. The molecule has 0 spiro atoms. The molecule has 2 N–H and O–H groups in total. The number of hydrogen-bond donors (Lipinski definition) is 2. The van der Waals surface area contributed by atoms with Gasteiger partial charge in [-0.1, -0.05) is 30.3 Å².